The molecular weight excluding hydrogens is 236 g/mol. The zero-order valence-electron chi connectivity index (χ0n) is 11.7. The lowest BCUT2D eigenvalue weighted by atomic mass is 10.1. The molecule has 0 aliphatic carbocycles. The number of piperazine rings is 1. The van der Waals surface area contributed by atoms with Crippen molar-refractivity contribution in [3.63, 3.8) is 0 Å². The Morgan fingerprint density at radius 1 is 1.16 bits per heavy atom. The monoisotopic (exact) mass is 256 g/mol. The van der Waals surface area contributed by atoms with Crippen molar-refractivity contribution in [3.8, 4) is 0 Å². The topological polar surface area (TPSA) is 41.1 Å². The summed E-state index contributed by atoms with van der Waals surface area (Å²) in [5, 5.41) is 3.53. The molecule has 4 nitrogen and oxygen atoms in total. The zero-order chi connectivity index (χ0) is 13.4. The van der Waals surface area contributed by atoms with E-state index in [2.05, 4.69) is 54.2 Å². The van der Waals surface area contributed by atoms with Crippen LogP contribution < -0.4 is 10.2 Å². The second-order valence-corrected chi connectivity index (χ2v) is 5.59. The minimum Gasteiger partial charge on any atom is -0.352 e. The van der Waals surface area contributed by atoms with Gasteiger partial charge in [0.2, 0.25) is 0 Å². The molecule has 3 rings (SSSR count). The summed E-state index contributed by atoms with van der Waals surface area (Å²) in [6.07, 6.45) is 1.90. The average molecular weight is 256 g/mol. The number of nitrogens with zero attached hydrogens (tertiary/aromatic N) is 3. The van der Waals surface area contributed by atoms with Gasteiger partial charge in [-0.1, -0.05) is 6.07 Å². The first-order chi connectivity index (χ1) is 9.11. The van der Waals surface area contributed by atoms with E-state index in [9.17, 15) is 0 Å². The van der Waals surface area contributed by atoms with E-state index in [0.717, 1.165) is 29.9 Å². The molecule has 0 saturated carbocycles. The Kier molecular flexibility index (Phi) is 3.11. The van der Waals surface area contributed by atoms with E-state index in [4.69, 9.17) is 4.98 Å². The van der Waals surface area contributed by atoms with E-state index in [0.29, 0.717) is 12.1 Å². The number of rotatable bonds is 1. The first-order valence-corrected chi connectivity index (χ1v) is 6.86. The minimum atomic E-state index is 0.485. The van der Waals surface area contributed by atoms with Crippen molar-refractivity contribution in [3.05, 3.63) is 30.0 Å². The molecule has 2 atom stereocenters. The zero-order valence-corrected chi connectivity index (χ0v) is 11.7. The average Bonchev–Trinajstić information content (AvgIpc) is 2.37. The largest absolute Gasteiger partial charge is 0.352 e. The molecule has 1 aliphatic rings. The van der Waals surface area contributed by atoms with Gasteiger partial charge in [0.25, 0.3) is 0 Å². The van der Waals surface area contributed by atoms with Gasteiger partial charge in [-0.3, -0.25) is 4.98 Å². The highest BCUT2D eigenvalue weighted by Crippen LogP contribution is 2.18. The fourth-order valence-electron chi connectivity index (χ4n) is 2.78. The van der Waals surface area contributed by atoms with E-state index in [1.54, 1.807) is 0 Å². The van der Waals surface area contributed by atoms with E-state index in [-0.39, 0.29) is 0 Å². The van der Waals surface area contributed by atoms with Crippen LogP contribution in [0.1, 0.15) is 19.4 Å². The van der Waals surface area contributed by atoms with E-state index < -0.39 is 0 Å². The van der Waals surface area contributed by atoms with E-state index in [1.165, 1.54) is 5.56 Å². The van der Waals surface area contributed by atoms with E-state index in [1.807, 2.05) is 6.20 Å². The van der Waals surface area contributed by atoms with Crippen molar-refractivity contribution in [2.24, 2.45) is 0 Å². The SMILES string of the molecule is Cc1ccc2nc(N3C[C@@H](C)N[C@@H](C)C3)cnc2c1. The molecule has 0 spiro atoms. The molecule has 0 unspecified atom stereocenters. The molecule has 0 amide bonds. The standard InChI is InChI=1S/C15H20N4/c1-10-4-5-13-14(6-10)16-7-15(18-13)19-8-11(2)17-12(3)9-19/h4-7,11-12,17H,8-9H2,1-3H3/t11-,12+. The molecule has 1 aliphatic heterocycles. The molecule has 0 radical (unpaired) electrons. The Morgan fingerprint density at radius 2 is 1.89 bits per heavy atom. The summed E-state index contributed by atoms with van der Waals surface area (Å²) < 4.78 is 0. The second-order valence-electron chi connectivity index (χ2n) is 5.59. The maximum absolute atomic E-state index is 4.74. The van der Waals surface area contributed by atoms with Crippen LogP contribution in [0, 0.1) is 6.92 Å². The van der Waals surface area contributed by atoms with Crippen molar-refractivity contribution < 1.29 is 0 Å². The number of benzene rings is 1. The smallest absolute Gasteiger partial charge is 0.147 e. The van der Waals surface area contributed by atoms with Crippen molar-refractivity contribution in [2.75, 3.05) is 18.0 Å². The third-order valence-corrected chi connectivity index (χ3v) is 3.57. The summed E-state index contributed by atoms with van der Waals surface area (Å²) in [4.78, 5) is 11.6. The Labute approximate surface area is 113 Å². The summed E-state index contributed by atoms with van der Waals surface area (Å²) in [5.41, 5.74) is 3.17. The van der Waals surface area contributed by atoms with Gasteiger partial charge in [0, 0.05) is 25.2 Å². The Morgan fingerprint density at radius 3 is 2.63 bits per heavy atom. The van der Waals surface area contributed by atoms with Gasteiger partial charge in [-0.15, -0.1) is 0 Å². The van der Waals surface area contributed by atoms with Gasteiger partial charge in [0.05, 0.1) is 17.2 Å². The third kappa shape index (κ3) is 2.54. The summed E-state index contributed by atoms with van der Waals surface area (Å²) >= 11 is 0. The highest BCUT2D eigenvalue weighted by molar-refractivity contribution is 5.76. The normalized spacial score (nSPS) is 23.8. The fourth-order valence-corrected chi connectivity index (χ4v) is 2.78. The number of anilines is 1. The second kappa shape index (κ2) is 4.78. The lowest BCUT2D eigenvalue weighted by molar-refractivity contribution is 0.405. The van der Waals surface area contributed by atoms with Crippen molar-refractivity contribution in [1.82, 2.24) is 15.3 Å². The molecule has 1 N–H and O–H groups in total. The molecule has 1 saturated heterocycles. The lowest BCUT2D eigenvalue weighted by Gasteiger charge is -2.36. The van der Waals surface area contributed by atoms with Crippen molar-refractivity contribution >= 4 is 16.9 Å². The summed E-state index contributed by atoms with van der Waals surface area (Å²) in [7, 11) is 0. The molecular formula is C15H20N4. The minimum absolute atomic E-state index is 0.485. The maximum atomic E-state index is 4.74. The summed E-state index contributed by atoms with van der Waals surface area (Å²) in [6, 6.07) is 7.19. The number of nitrogens with one attached hydrogen (secondary N) is 1. The number of hydrogen-bond acceptors (Lipinski definition) is 4. The first-order valence-electron chi connectivity index (χ1n) is 6.86. The van der Waals surface area contributed by atoms with Crippen molar-refractivity contribution in [1.29, 1.82) is 0 Å². The van der Waals surface area contributed by atoms with Crippen molar-refractivity contribution in [2.45, 2.75) is 32.9 Å². The van der Waals surface area contributed by atoms with Crippen LogP contribution in [-0.2, 0) is 0 Å². The van der Waals surface area contributed by atoms with Gasteiger partial charge in [-0.05, 0) is 38.5 Å². The highest BCUT2D eigenvalue weighted by atomic mass is 15.3. The van der Waals surface area contributed by atoms with Gasteiger partial charge < -0.3 is 10.2 Å². The Balaban J connectivity index is 1.94. The molecule has 1 aromatic carbocycles. The summed E-state index contributed by atoms with van der Waals surface area (Å²) in [6.45, 7) is 8.46. The molecule has 1 fully saturated rings. The molecule has 2 heterocycles. The molecule has 4 heteroatoms. The predicted molar refractivity (Wildman–Crippen MR) is 78.5 cm³/mol. The van der Waals surface area contributed by atoms with Gasteiger partial charge in [-0.2, -0.15) is 0 Å². The number of hydrogen-bond donors (Lipinski definition) is 1. The van der Waals surface area contributed by atoms with Crippen LogP contribution in [0.5, 0.6) is 0 Å². The predicted octanol–water partition coefficient (Wildman–Crippen LogP) is 2.12. The summed E-state index contributed by atoms with van der Waals surface area (Å²) in [5.74, 6) is 0.983. The molecule has 100 valence electrons. The van der Waals surface area contributed by atoms with Crippen LogP contribution in [0.25, 0.3) is 11.0 Å². The van der Waals surface area contributed by atoms with Crippen LogP contribution in [0.2, 0.25) is 0 Å². The molecule has 19 heavy (non-hydrogen) atoms. The molecule has 1 aromatic heterocycles. The Hall–Kier alpha value is -1.68. The Bertz CT molecular complexity index is 586. The van der Waals surface area contributed by atoms with Crippen LogP contribution in [-0.4, -0.2) is 35.1 Å². The number of fused-ring (bicyclic) bond motifs is 1. The van der Waals surface area contributed by atoms with Crippen LogP contribution in [0.15, 0.2) is 24.4 Å². The van der Waals surface area contributed by atoms with Crippen LogP contribution >= 0.6 is 0 Å². The van der Waals surface area contributed by atoms with Crippen LogP contribution in [0.4, 0.5) is 5.82 Å². The fraction of sp³-hybridized carbons (Fsp3) is 0.467. The number of aromatic nitrogens is 2. The van der Waals surface area contributed by atoms with Gasteiger partial charge in [0.1, 0.15) is 5.82 Å². The van der Waals surface area contributed by atoms with Gasteiger partial charge in [0.15, 0.2) is 0 Å². The van der Waals surface area contributed by atoms with Gasteiger partial charge >= 0.3 is 0 Å². The molecule has 0 bridgehead atoms. The number of aryl methyl sites for hydroxylation is 1. The van der Waals surface area contributed by atoms with Gasteiger partial charge in [-0.25, -0.2) is 4.98 Å². The maximum Gasteiger partial charge on any atom is 0.147 e. The third-order valence-electron chi connectivity index (χ3n) is 3.57. The lowest BCUT2D eigenvalue weighted by Crippen LogP contribution is -2.54. The van der Waals surface area contributed by atoms with Crippen LogP contribution in [0.3, 0.4) is 0 Å². The first kappa shape index (κ1) is 12.4. The van der Waals surface area contributed by atoms with E-state index >= 15 is 0 Å². The highest BCUT2D eigenvalue weighted by Gasteiger charge is 2.22. The molecule has 2 aromatic rings. The quantitative estimate of drug-likeness (QED) is 0.848.